The third-order valence-electron chi connectivity index (χ3n) is 9.16. The summed E-state index contributed by atoms with van der Waals surface area (Å²) in [4.78, 5) is 24.9. The van der Waals surface area contributed by atoms with Crippen LogP contribution in [0.15, 0.2) is 156 Å². The van der Waals surface area contributed by atoms with Crippen molar-refractivity contribution in [3.8, 4) is 22.9 Å². The first-order valence-electron chi connectivity index (χ1n) is 17.7. The molecule has 0 bridgehead atoms. The van der Waals surface area contributed by atoms with Crippen LogP contribution in [0.5, 0.6) is 11.5 Å². The Morgan fingerprint density at radius 1 is 0.672 bits per heavy atom. The summed E-state index contributed by atoms with van der Waals surface area (Å²) < 4.78 is 64.5. The first kappa shape index (κ1) is 43.6. The summed E-state index contributed by atoms with van der Waals surface area (Å²) in [7, 11) is -8.62. The van der Waals surface area contributed by atoms with Crippen LogP contribution in [0.2, 0.25) is 0 Å². The van der Waals surface area contributed by atoms with Gasteiger partial charge in [-0.3, -0.25) is 28.9 Å². The minimum atomic E-state index is -4.61. The molecular weight excluding hydrogens is 869 g/mol. The second-order valence-electron chi connectivity index (χ2n) is 13.2. The normalized spacial score (nSPS) is 12.7. The standard InChI is InChI=1S/2C20H16N4O5S.Cr/c2*1-12-18(20(26)24(23-12)13-7-3-2-4-8-13)21-22-19-15-10-6-5-9-14(15)17(11-16(19)25)30(27,28)29;/h2*2-11,23,25H,1H3,(H,27,28,29);/p+3. The third-order valence-corrected chi connectivity index (χ3v) is 11.0. The molecule has 8 aromatic rings. The predicted octanol–water partition coefficient (Wildman–Crippen LogP) is 4.49. The van der Waals surface area contributed by atoms with Gasteiger partial charge in [-0.05, 0) is 50.2 Å². The topological polar surface area (TPSA) is 288 Å². The number of nitrogens with zero attached hydrogens (tertiary/aromatic N) is 5. The van der Waals surface area contributed by atoms with Crippen LogP contribution in [-0.2, 0) is 37.6 Å². The van der Waals surface area contributed by atoms with Crippen molar-refractivity contribution in [2.45, 2.75) is 23.6 Å². The largest absolute Gasteiger partial charge is 0.871 e. The average molecular weight is 904 g/mol. The number of hydrogen-bond acceptors (Lipinski definition) is 9. The zero-order chi connectivity index (χ0) is 42.9. The van der Waals surface area contributed by atoms with Gasteiger partial charge in [-0.2, -0.15) is 17.7 Å². The molecule has 18 nitrogen and oxygen atoms in total. The van der Waals surface area contributed by atoms with E-state index in [0.717, 1.165) is 6.07 Å². The van der Waals surface area contributed by atoms with E-state index in [-0.39, 0.29) is 67.1 Å². The fraction of sp³-hybridized carbons (Fsp3) is 0.0500. The number of fused-ring (bicyclic) bond motifs is 2. The number of aromatic amines is 2. The van der Waals surface area contributed by atoms with Gasteiger partial charge in [-0.15, -0.1) is 9.32 Å². The second-order valence-corrected chi connectivity index (χ2v) is 16.0. The molecule has 1 unspecified atom stereocenters. The van der Waals surface area contributed by atoms with Gasteiger partial charge in [0.15, 0.2) is 5.69 Å². The molecule has 0 radical (unpaired) electrons. The van der Waals surface area contributed by atoms with E-state index in [2.05, 4.69) is 30.7 Å². The number of benzene rings is 6. The quantitative estimate of drug-likeness (QED) is 0.0962. The SMILES string of the molecule is Cc1[nH]n(-c2ccccc2)c(=O)c1N=Nc1c([O-])cc(S(=O)(=O)O)c2ccccc12.Cc1[nH]n(-c2ccccc2)c(=O)c1N=[NH+]c1c([OH2+])cc(S(=O)(=[OH+])[OH2+])c2ccccc12.[Cr]. The van der Waals surface area contributed by atoms with E-state index >= 15 is 0 Å². The van der Waals surface area contributed by atoms with Gasteiger partial charge >= 0.3 is 27.1 Å². The third kappa shape index (κ3) is 8.83. The molecule has 0 aliphatic heterocycles. The number of azo groups is 2. The molecule has 8 rings (SSSR count). The van der Waals surface area contributed by atoms with Crippen molar-refractivity contribution in [2.24, 2.45) is 15.3 Å². The molecule has 0 amide bonds. The Morgan fingerprint density at radius 2 is 1.11 bits per heavy atom. The van der Waals surface area contributed by atoms with Crippen molar-refractivity contribution in [1.82, 2.24) is 19.6 Å². The number of aromatic nitrogens is 4. The summed E-state index contributed by atoms with van der Waals surface area (Å²) >= 11 is 0. The van der Waals surface area contributed by atoms with E-state index in [4.69, 9.17) is 9.66 Å². The van der Waals surface area contributed by atoms with Crippen molar-refractivity contribution >= 4 is 64.5 Å². The van der Waals surface area contributed by atoms with Gasteiger partial charge in [0.05, 0.1) is 39.9 Å². The minimum Gasteiger partial charge on any atom is -0.871 e. The Kier molecular flexibility index (Phi) is 12.4. The first-order valence-corrected chi connectivity index (χ1v) is 20.6. The number of rotatable bonds is 8. The second kappa shape index (κ2) is 17.3. The van der Waals surface area contributed by atoms with E-state index in [1.807, 2.05) is 24.3 Å². The van der Waals surface area contributed by atoms with Crippen LogP contribution in [0.25, 0.3) is 32.9 Å². The van der Waals surface area contributed by atoms with Crippen molar-refractivity contribution in [1.29, 1.82) is 0 Å². The Labute approximate surface area is 356 Å². The maximum Gasteiger partial charge on any atom is 0.550 e. The van der Waals surface area contributed by atoms with E-state index < -0.39 is 36.4 Å². The van der Waals surface area contributed by atoms with Gasteiger partial charge in [0.25, 0.3) is 15.7 Å². The molecule has 0 aliphatic rings. The summed E-state index contributed by atoms with van der Waals surface area (Å²) in [6, 6.07) is 32.6. The summed E-state index contributed by atoms with van der Waals surface area (Å²) in [6.45, 7) is 3.36. The molecule has 310 valence electrons. The number of nitrogens with one attached hydrogen (secondary N) is 3. The average Bonchev–Trinajstić information content (AvgIpc) is 3.68. The molecular formula is C40H35CrN8O10S2+3. The Balaban J connectivity index is 0.000000201. The van der Waals surface area contributed by atoms with Gasteiger partial charge in [-0.1, -0.05) is 89.7 Å². The maximum absolute atomic E-state index is 12.8. The molecule has 0 spiro atoms. The van der Waals surface area contributed by atoms with E-state index in [0.29, 0.717) is 33.5 Å². The molecule has 2 heterocycles. The zero-order valence-electron chi connectivity index (χ0n) is 31.9. The molecule has 0 saturated heterocycles. The zero-order valence-corrected chi connectivity index (χ0v) is 34.8. The summed E-state index contributed by atoms with van der Waals surface area (Å²) in [5, 5.41) is 42.7. The fourth-order valence-electron chi connectivity index (χ4n) is 6.36. The van der Waals surface area contributed by atoms with Crippen LogP contribution in [0, 0.1) is 13.8 Å². The Hall–Kier alpha value is -6.99. The predicted molar refractivity (Wildman–Crippen MR) is 221 cm³/mol. The number of hydrogen-bond donors (Lipinski definition) is 4. The summed E-state index contributed by atoms with van der Waals surface area (Å²) in [5.74, 6) is -0.861. The van der Waals surface area contributed by atoms with Gasteiger partial charge in [-0.25, -0.2) is 9.36 Å². The molecule has 6 aromatic carbocycles. The fourth-order valence-corrected chi connectivity index (χ4v) is 7.83. The van der Waals surface area contributed by atoms with Crippen molar-refractivity contribution < 1.29 is 58.6 Å². The van der Waals surface area contributed by atoms with E-state index in [9.17, 15) is 36.1 Å². The van der Waals surface area contributed by atoms with Crippen LogP contribution in [0.1, 0.15) is 11.4 Å². The van der Waals surface area contributed by atoms with Crippen LogP contribution in [-0.4, -0.2) is 50.6 Å². The van der Waals surface area contributed by atoms with Gasteiger partial charge in [0, 0.05) is 38.6 Å². The van der Waals surface area contributed by atoms with Crippen LogP contribution in [0.4, 0.5) is 22.7 Å². The molecule has 2 aromatic heterocycles. The van der Waals surface area contributed by atoms with Crippen molar-refractivity contribution in [3.63, 3.8) is 0 Å². The molecule has 61 heavy (non-hydrogen) atoms. The van der Waals surface area contributed by atoms with Gasteiger partial charge in [0.2, 0.25) is 10.6 Å². The van der Waals surface area contributed by atoms with Crippen LogP contribution < -0.4 is 21.3 Å². The van der Waals surface area contributed by atoms with Gasteiger partial charge < -0.3 is 10.2 Å². The number of para-hydroxylation sites is 2. The Bertz CT molecular complexity index is 3140. The molecule has 0 aliphatic carbocycles. The van der Waals surface area contributed by atoms with E-state index in [1.165, 1.54) is 27.6 Å². The Morgan fingerprint density at radius 3 is 1.64 bits per heavy atom. The smallest absolute Gasteiger partial charge is 0.550 e. The number of H-pyrrole nitrogens is 2. The molecule has 0 fully saturated rings. The van der Waals surface area contributed by atoms with Crippen LogP contribution in [0.3, 0.4) is 0 Å². The molecule has 1 atom stereocenters. The summed E-state index contributed by atoms with van der Waals surface area (Å²) in [6.07, 6.45) is 0. The van der Waals surface area contributed by atoms with Crippen molar-refractivity contribution in [3.05, 3.63) is 153 Å². The maximum atomic E-state index is 12.8. The number of aryl methyl sites for hydroxylation is 2. The molecule has 0 saturated carbocycles. The van der Waals surface area contributed by atoms with E-state index in [1.54, 1.807) is 86.6 Å². The minimum absolute atomic E-state index is 0. The van der Waals surface area contributed by atoms with Crippen molar-refractivity contribution in [2.75, 3.05) is 0 Å². The van der Waals surface area contributed by atoms with Gasteiger partial charge in [0.1, 0.15) is 4.90 Å². The monoisotopic (exact) mass is 903 g/mol. The van der Waals surface area contributed by atoms with Crippen LogP contribution >= 0.6 is 0 Å². The summed E-state index contributed by atoms with van der Waals surface area (Å²) in [5.41, 5.74) is 1.74. The first-order chi connectivity index (χ1) is 28.5. The molecule has 21 heteroatoms. The molecule has 9 N–H and O–H groups in total.